The van der Waals surface area contributed by atoms with E-state index in [1.807, 2.05) is 12.1 Å². The van der Waals surface area contributed by atoms with E-state index in [0.717, 1.165) is 15.7 Å². The van der Waals surface area contributed by atoms with Gasteiger partial charge in [0, 0.05) is 4.90 Å². The van der Waals surface area contributed by atoms with Gasteiger partial charge in [-0.2, -0.15) is 0 Å². The number of carboxylic acid groups (broad SMARTS) is 1. The van der Waals surface area contributed by atoms with Crippen molar-refractivity contribution in [3.63, 3.8) is 0 Å². The maximum absolute atomic E-state index is 12.2. The predicted molar refractivity (Wildman–Crippen MR) is 70.6 cm³/mol. The highest BCUT2D eigenvalue weighted by Gasteiger charge is 2.11. The fourth-order valence-corrected chi connectivity index (χ4v) is 3.08. The van der Waals surface area contributed by atoms with Gasteiger partial charge < -0.3 is 5.11 Å². The fraction of sp³-hybridized carbons (Fsp3) is 0.154. The summed E-state index contributed by atoms with van der Waals surface area (Å²) in [5.74, 6) is -0.969. The Morgan fingerprint density at radius 1 is 1.18 bits per heavy atom. The first-order chi connectivity index (χ1) is 7.89. The van der Waals surface area contributed by atoms with Crippen LogP contribution in [0.3, 0.4) is 0 Å². The zero-order chi connectivity index (χ0) is 12.6. The summed E-state index contributed by atoms with van der Waals surface area (Å²) in [5, 5.41) is 10.6. The number of hydrogen-bond acceptors (Lipinski definition) is 2. The number of hydrogen-bond donors (Lipinski definition) is 2. The third-order valence-corrected chi connectivity index (χ3v) is 4.24. The second kappa shape index (κ2) is 3.96. The summed E-state index contributed by atoms with van der Waals surface area (Å²) in [6.07, 6.45) is 3.38. The SMILES string of the molecule is C[SH](C)(=O)c1cccc2ccc(C(=O)O)cc12. The maximum atomic E-state index is 12.2. The van der Waals surface area contributed by atoms with Crippen LogP contribution in [0.1, 0.15) is 10.4 Å². The third-order valence-electron chi connectivity index (χ3n) is 2.69. The molecule has 0 aliphatic carbocycles. The quantitative estimate of drug-likeness (QED) is 0.803. The Kier molecular flexibility index (Phi) is 2.75. The van der Waals surface area contributed by atoms with Gasteiger partial charge in [-0.3, -0.25) is 4.21 Å². The lowest BCUT2D eigenvalue weighted by Gasteiger charge is -2.15. The second-order valence-electron chi connectivity index (χ2n) is 4.37. The minimum atomic E-state index is -2.41. The molecule has 2 aromatic carbocycles. The van der Waals surface area contributed by atoms with Crippen LogP contribution in [0.25, 0.3) is 10.8 Å². The number of thiol groups is 1. The number of aromatic carboxylic acids is 1. The molecule has 2 rings (SSSR count). The normalized spacial score (nSPS) is 12.6. The van der Waals surface area contributed by atoms with E-state index in [-0.39, 0.29) is 5.56 Å². The van der Waals surface area contributed by atoms with Gasteiger partial charge in [-0.05, 0) is 41.5 Å². The molecular formula is C13H14O3S. The molecular weight excluding hydrogens is 236 g/mol. The van der Waals surface area contributed by atoms with E-state index in [9.17, 15) is 9.00 Å². The molecule has 2 aromatic rings. The van der Waals surface area contributed by atoms with E-state index in [0.29, 0.717) is 0 Å². The maximum Gasteiger partial charge on any atom is 0.335 e. The van der Waals surface area contributed by atoms with Crippen molar-refractivity contribution >= 4 is 26.7 Å². The Balaban J connectivity index is 2.82. The molecule has 17 heavy (non-hydrogen) atoms. The summed E-state index contributed by atoms with van der Waals surface area (Å²) in [6, 6.07) is 10.4. The highest BCUT2D eigenvalue weighted by Crippen LogP contribution is 2.26. The van der Waals surface area contributed by atoms with Crippen molar-refractivity contribution in [2.45, 2.75) is 4.90 Å². The van der Waals surface area contributed by atoms with Crippen molar-refractivity contribution in [2.75, 3.05) is 12.5 Å². The lowest BCUT2D eigenvalue weighted by atomic mass is 10.1. The summed E-state index contributed by atoms with van der Waals surface area (Å²) < 4.78 is 12.2. The average molecular weight is 250 g/mol. The first-order valence-electron chi connectivity index (χ1n) is 5.21. The van der Waals surface area contributed by atoms with E-state index in [4.69, 9.17) is 5.11 Å². The molecule has 4 heteroatoms. The number of fused-ring (bicyclic) bond motifs is 1. The van der Waals surface area contributed by atoms with Crippen LogP contribution < -0.4 is 0 Å². The number of carbonyl (C=O) groups is 1. The van der Waals surface area contributed by atoms with E-state index < -0.39 is 15.9 Å². The molecule has 0 saturated carbocycles. The van der Waals surface area contributed by atoms with Crippen molar-refractivity contribution < 1.29 is 14.1 Å². The fourth-order valence-electron chi connectivity index (χ4n) is 1.86. The van der Waals surface area contributed by atoms with Crippen molar-refractivity contribution in [3.05, 3.63) is 42.0 Å². The molecule has 3 nitrogen and oxygen atoms in total. The Hall–Kier alpha value is -1.68. The van der Waals surface area contributed by atoms with E-state index in [2.05, 4.69) is 0 Å². The Bertz CT molecular complexity index is 640. The van der Waals surface area contributed by atoms with E-state index in [1.165, 1.54) is 0 Å². The van der Waals surface area contributed by atoms with Crippen LogP contribution in [0, 0.1) is 0 Å². The molecule has 0 aromatic heterocycles. The number of rotatable bonds is 2. The first kappa shape index (κ1) is 11.8. The smallest absolute Gasteiger partial charge is 0.335 e. The van der Waals surface area contributed by atoms with Gasteiger partial charge in [-0.25, -0.2) is 4.79 Å². The number of benzene rings is 2. The van der Waals surface area contributed by atoms with Crippen molar-refractivity contribution in [2.24, 2.45) is 0 Å². The molecule has 0 fully saturated rings. The van der Waals surface area contributed by atoms with Crippen molar-refractivity contribution in [1.82, 2.24) is 0 Å². The van der Waals surface area contributed by atoms with Crippen molar-refractivity contribution in [1.29, 1.82) is 0 Å². The van der Waals surface area contributed by atoms with E-state index in [1.54, 1.807) is 36.8 Å². The molecule has 0 unspecified atom stereocenters. The molecule has 90 valence electrons. The molecule has 0 atom stereocenters. The van der Waals surface area contributed by atoms with Crippen LogP contribution in [0.2, 0.25) is 0 Å². The van der Waals surface area contributed by atoms with Gasteiger partial charge in [-0.1, -0.05) is 28.1 Å². The molecule has 0 spiro atoms. The summed E-state index contributed by atoms with van der Waals surface area (Å²) in [5.41, 5.74) is 0.221. The second-order valence-corrected chi connectivity index (χ2v) is 7.55. The lowest BCUT2D eigenvalue weighted by Crippen LogP contribution is -2.07. The summed E-state index contributed by atoms with van der Waals surface area (Å²) in [4.78, 5) is 11.7. The number of carboxylic acids is 1. The van der Waals surface area contributed by atoms with Crippen LogP contribution in [-0.4, -0.2) is 27.8 Å². The van der Waals surface area contributed by atoms with Gasteiger partial charge in [0.1, 0.15) is 0 Å². The average Bonchev–Trinajstić information content (AvgIpc) is 2.26. The summed E-state index contributed by atoms with van der Waals surface area (Å²) in [6.45, 7) is 0. The van der Waals surface area contributed by atoms with Gasteiger partial charge in [-0.15, -0.1) is 0 Å². The zero-order valence-corrected chi connectivity index (χ0v) is 10.6. The molecule has 0 aliphatic heterocycles. The van der Waals surface area contributed by atoms with Gasteiger partial charge in [0.25, 0.3) is 0 Å². The van der Waals surface area contributed by atoms with Gasteiger partial charge >= 0.3 is 5.97 Å². The first-order valence-corrected chi connectivity index (χ1v) is 7.81. The van der Waals surface area contributed by atoms with Crippen LogP contribution >= 0.6 is 0 Å². The van der Waals surface area contributed by atoms with Crippen LogP contribution in [0.15, 0.2) is 41.3 Å². The van der Waals surface area contributed by atoms with Gasteiger partial charge in [0.05, 0.1) is 5.56 Å². The van der Waals surface area contributed by atoms with Crippen LogP contribution in [0.5, 0.6) is 0 Å². The highest BCUT2D eigenvalue weighted by molar-refractivity contribution is 8.02. The van der Waals surface area contributed by atoms with Crippen LogP contribution in [-0.2, 0) is 9.93 Å². The van der Waals surface area contributed by atoms with Gasteiger partial charge in [0.2, 0.25) is 0 Å². The summed E-state index contributed by atoms with van der Waals surface area (Å²) in [7, 11) is -2.41. The topological polar surface area (TPSA) is 54.4 Å². The summed E-state index contributed by atoms with van der Waals surface area (Å²) >= 11 is 0. The van der Waals surface area contributed by atoms with E-state index >= 15 is 0 Å². The zero-order valence-electron chi connectivity index (χ0n) is 9.68. The molecule has 0 heterocycles. The standard InChI is InChI=1S/C13H14O3S/c1-17(2,16)12-5-3-4-9-6-7-10(13(14)15)8-11(9)12/h3-8,17H,1-2H3,(H,14,15). The minimum absolute atomic E-state index is 0.221. The largest absolute Gasteiger partial charge is 0.478 e. The van der Waals surface area contributed by atoms with Crippen LogP contribution in [0.4, 0.5) is 0 Å². The molecule has 0 saturated heterocycles. The Labute approximate surface area is 101 Å². The molecule has 0 radical (unpaired) electrons. The molecule has 0 bridgehead atoms. The molecule has 0 aliphatic rings. The molecule has 0 amide bonds. The third kappa shape index (κ3) is 2.22. The minimum Gasteiger partial charge on any atom is -0.478 e. The Morgan fingerprint density at radius 3 is 2.47 bits per heavy atom. The monoisotopic (exact) mass is 250 g/mol. The van der Waals surface area contributed by atoms with Crippen molar-refractivity contribution in [3.8, 4) is 0 Å². The predicted octanol–water partition coefficient (Wildman–Crippen LogP) is 2.17. The molecule has 1 N–H and O–H groups in total. The Morgan fingerprint density at radius 2 is 1.88 bits per heavy atom. The van der Waals surface area contributed by atoms with Gasteiger partial charge in [0.15, 0.2) is 0 Å². The lowest BCUT2D eigenvalue weighted by molar-refractivity contribution is 0.0697. The highest BCUT2D eigenvalue weighted by atomic mass is 32.2.